The Labute approximate surface area is 176 Å². The first-order valence-electron chi connectivity index (χ1n) is 9.63. The number of carbonyl (C=O) groups excluding carboxylic acids is 1. The van der Waals surface area contributed by atoms with Gasteiger partial charge in [0.25, 0.3) is 5.91 Å². The Kier molecular flexibility index (Phi) is 4.94. The second-order valence-electron chi connectivity index (χ2n) is 7.04. The van der Waals surface area contributed by atoms with Gasteiger partial charge in [-0.3, -0.25) is 4.79 Å². The van der Waals surface area contributed by atoms with Crippen LogP contribution in [0.2, 0.25) is 0 Å². The summed E-state index contributed by atoms with van der Waals surface area (Å²) in [6, 6.07) is 10.6. The predicted octanol–water partition coefficient (Wildman–Crippen LogP) is 4.61. The number of nitrogens with zero attached hydrogens (tertiary/aromatic N) is 4. The van der Waals surface area contributed by atoms with Crippen LogP contribution in [0.25, 0.3) is 23.5 Å². The van der Waals surface area contributed by atoms with Crippen molar-refractivity contribution in [3.05, 3.63) is 64.0 Å². The van der Waals surface area contributed by atoms with Crippen LogP contribution in [0.3, 0.4) is 0 Å². The Morgan fingerprint density at radius 3 is 2.77 bits per heavy atom. The first-order valence-corrected chi connectivity index (χ1v) is 10.5. The topological polar surface area (TPSA) is 110 Å². The lowest BCUT2D eigenvalue weighted by Gasteiger charge is -2.22. The first-order chi connectivity index (χ1) is 14.7. The molecule has 2 N–H and O–H groups in total. The lowest BCUT2D eigenvalue weighted by Crippen LogP contribution is -2.10. The molecule has 1 aliphatic carbocycles. The van der Waals surface area contributed by atoms with E-state index in [2.05, 4.69) is 36.3 Å². The van der Waals surface area contributed by atoms with Crippen LogP contribution in [-0.2, 0) is 0 Å². The fourth-order valence-corrected chi connectivity index (χ4v) is 3.96. The fourth-order valence-electron chi connectivity index (χ4n) is 3.17. The lowest BCUT2D eigenvalue weighted by molar-refractivity contribution is 0.0996. The second-order valence-corrected chi connectivity index (χ2v) is 7.93. The smallest absolute Gasteiger partial charge is 0.291 e. The molecule has 150 valence electrons. The molecule has 0 unspecified atom stereocenters. The van der Waals surface area contributed by atoms with Crippen LogP contribution in [0.4, 0.5) is 5.69 Å². The van der Waals surface area contributed by atoms with Crippen molar-refractivity contribution in [1.29, 1.82) is 0 Å². The Balaban J connectivity index is 1.21. The quantitative estimate of drug-likeness (QED) is 0.473. The van der Waals surface area contributed by atoms with Crippen molar-refractivity contribution in [2.24, 2.45) is 0 Å². The van der Waals surface area contributed by atoms with Gasteiger partial charge < -0.3 is 9.73 Å². The first kappa shape index (κ1) is 18.4. The molecule has 0 aliphatic heterocycles. The number of carbonyl (C=O) groups is 1. The molecule has 3 heterocycles. The van der Waals surface area contributed by atoms with Crippen LogP contribution >= 0.6 is 11.3 Å². The van der Waals surface area contributed by atoms with Crippen LogP contribution in [0.5, 0.6) is 0 Å². The number of hydrogen-bond acceptors (Lipinski definition) is 7. The monoisotopic (exact) mass is 418 g/mol. The van der Waals surface area contributed by atoms with E-state index in [-0.39, 0.29) is 11.7 Å². The van der Waals surface area contributed by atoms with Crippen LogP contribution < -0.4 is 5.32 Å². The van der Waals surface area contributed by atoms with E-state index in [1.807, 2.05) is 24.3 Å². The van der Waals surface area contributed by atoms with Crippen molar-refractivity contribution in [3.8, 4) is 11.4 Å². The SMILES string of the molecule is O=C(Nc1ccc(-c2nn[nH]n2)cc1)c1ccc(/C=C/c2nc(C3CCC3)cs2)o1. The van der Waals surface area contributed by atoms with Gasteiger partial charge in [-0.05, 0) is 66.6 Å². The van der Waals surface area contributed by atoms with Gasteiger partial charge in [0.1, 0.15) is 10.8 Å². The summed E-state index contributed by atoms with van der Waals surface area (Å²) in [5, 5.41) is 19.7. The van der Waals surface area contributed by atoms with Crippen molar-refractivity contribution >= 4 is 35.1 Å². The highest BCUT2D eigenvalue weighted by molar-refractivity contribution is 7.10. The zero-order valence-corrected chi connectivity index (χ0v) is 16.7. The van der Waals surface area contributed by atoms with Gasteiger partial charge in [-0.2, -0.15) is 5.21 Å². The van der Waals surface area contributed by atoms with Gasteiger partial charge in [0.2, 0.25) is 5.82 Å². The van der Waals surface area contributed by atoms with Crippen LogP contribution in [0, 0.1) is 0 Å². The normalized spacial score (nSPS) is 14.1. The average molecular weight is 418 g/mol. The Morgan fingerprint density at radius 2 is 2.03 bits per heavy atom. The summed E-state index contributed by atoms with van der Waals surface area (Å²) in [5.41, 5.74) is 2.64. The van der Waals surface area contributed by atoms with Crippen LogP contribution in [0.1, 0.15) is 52.2 Å². The molecule has 0 radical (unpaired) electrons. The van der Waals surface area contributed by atoms with E-state index >= 15 is 0 Å². The van der Waals surface area contributed by atoms with Crippen molar-refractivity contribution in [3.63, 3.8) is 0 Å². The summed E-state index contributed by atoms with van der Waals surface area (Å²) < 4.78 is 5.65. The molecule has 3 aromatic heterocycles. The largest absolute Gasteiger partial charge is 0.452 e. The molecule has 5 rings (SSSR count). The number of benzene rings is 1. The van der Waals surface area contributed by atoms with Crippen molar-refractivity contribution in [2.45, 2.75) is 25.2 Å². The minimum absolute atomic E-state index is 0.242. The third kappa shape index (κ3) is 3.92. The second kappa shape index (κ2) is 8.03. The molecule has 1 fully saturated rings. The number of rotatable bonds is 6. The molecule has 0 saturated heterocycles. The van der Waals surface area contributed by atoms with E-state index in [1.165, 1.54) is 25.0 Å². The molecule has 9 heteroatoms. The number of furan rings is 1. The van der Waals surface area contributed by atoms with Crippen LogP contribution in [0.15, 0.2) is 46.2 Å². The zero-order chi connectivity index (χ0) is 20.3. The van der Waals surface area contributed by atoms with Gasteiger partial charge in [0.05, 0.1) is 5.69 Å². The molecule has 1 aliphatic rings. The number of nitrogens with one attached hydrogen (secondary N) is 2. The third-order valence-electron chi connectivity index (χ3n) is 5.05. The fraction of sp³-hybridized carbons (Fsp3) is 0.190. The summed E-state index contributed by atoms with van der Waals surface area (Å²) in [4.78, 5) is 17.1. The molecule has 4 aromatic rings. The molecular weight excluding hydrogens is 400 g/mol. The molecule has 30 heavy (non-hydrogen) atoms. The minimum Gasteiger partial charge on any atom is -0.452 e. The number of hydrogen-bond donors (Lipinski definition) is 2. The maximum Gasteiger partial charge on any atom is 0.291 e. The number of aromatic amines is 1. The van der Waals surface area contributed by atoms with Gasteiger partial charge in [-0.15, -0.1) is 21.5 Å². The van der Waals surface area contributed by atoms with Gasteiger partial charge >= 0.3 is 0 Å². The predicted molar refractivity (Wildman–Crippen MR) is 114 cm³/mol. The zero-order valence-electron chi connectivity index (χ0n) is 15.9. The Bertz CT molecular complexity index is 1170. The number of aromatic nitrogens is 5. The van der Waals surface area contributed by atoms with Crippen molar-refractivity contribution in [1.82, 2.24) is 25.6 Å². The number of amides is 1. The number of thiazole rings is 1. The highest BCUT2D eigenvalue weighted by Gasteiger charge is 2.21. The highest BCUT2D eigenvalue weighted by Crippen LogP contribution is 2.36. The molecule has 1 aromatic carbocycles. The summed E-state index contributed by atoms with van der Waals surface area (Å²) in [6.07, 6.45) is 7.53. The maximum absolute atomic E-state index is 12.5. The summed E-state index contributed by atoms with van der Waals surface area (Å²) >= 11 is 1.63. The summed E-state index contributed by atoms with van der Waals surface area (Å²) in [6.45, 7) is 0. The number of H-pyrrole nitrogens is 1. The van der Waals surface area contributed by atoms with E-state index in [0.717, 1.165) is 10.6 Å². The van der Waals surface area contributed by atoms with Gasteiger partial charge in [-0.25, -0.2) is 4.98 Å². The minimum atomic E-state index is -0.316. The number of tetrazole rings is 1. The summed E-state index contributed by atoms with van der Waals surface area (Å²) in [5.74, 6) is 1.65. The molecule has 1 saturated carbocycles. The third-order valence-corrected chi connectivity index (χ3v) is 5.88. The molecule has 0 atom stereocenters. The van der Waals surface area contributed by atoms with Gasteiger partial charge in [-0.1, -0.05) is 6.42 Å². The Hall–Kier alpha value is -3.59. The number of anilines is 1. The Morgan fingerprint density at radius 1 is 1.17 bits per heavy atom. The highest BCUT2D eigenvalue weighted by atomic mass is 32.1. The average Bonchev–Trinajstić information content (AvgIpc) is 3.47. The van der Waals surface area contributed by atoms with Crippen molar-refractivity contribution in [2.75, 3.05) is 5.32 Å². The maximum atomic E-state index is 12.5. The van der Waals surface area contributed by atoms with E-state index in [1.54, 1.807) is 35.6 Å². The van der Waals surface area contributed by atoms with Crippen LogP contribution in [-0.4, -0.2) is 31.5 Å². The molecule has 8 nitrogen and oxygen atoms in total. The van der Waals surface area contributed by atoms with E-state index in [4.69, 9.17) is 4.42 Å². The molecule has 1 amide bonds. The van der Waals surface area contributed by atoms with Gasteiger partial charge in [0, 0.05) is 22.5 Å². The van der Waals surface area contributed by atoms with E-state index in [9.17, 15) is 4.79 Å². The van der Waals surface area contributed by atoms with E-state index < -0.39 is 0 Å². The van der Waals surface area contributed by atoms with Gasteiger partial charge in [0.15, 0.2) is 5.76 Å². The van der Waals surface area contributed by atoms with E-state index in [0.29, 0.717) is 23.2 Å². The lowest BCUT2D eigenvalue weighted by atomic mass is 9.83. The molecule has 0 spiro atoms. The standard InChI is InChI=1S/C21H18N6O2S/c28-21(22-15-6-4-14(5-7-15)20-24-26-27-25-20)18-10-8-16(29-18)9-11-19-23-17(12-30-19)13-2-1-3-13/h4-13H,1-3H2,(H,22,28)(H,24,25,26,27)/b11-9+. The summed E-state index contributed by atoms with van der Waals surface area (Å²) in [7, 11) is 0. The molecular formula is C21H18N6O2S. The molecule has 0 bridgehead atoms. The van der Waals surface area contributed by atoms with Crippen molar-refractivity contribution < 1.29 is 9.21 Å².